The number of nitrogens with two attached hydrogens (primary N) is 1. The van der Waals surface area contributed by atoms with Gasteiger partial charge in [-0.1, -0.05) is 0 Å². The van der Waals surface area contributed by atoms with E-state index in [4.69, 9.17) is 5.73 Å². The molecule has 0 bridgehead atoms. The fourth-order valence-electron chi connectivity index (χ4n) is 1.30. The average Bonchev–Trinajstić information content (AvgIpc) is 2.61. The molecule has 1 heterocycles. The van der Waals surface area contributed by atoms with Gasteiger partial charge in [0.1, 0.15) is 11.5 Å². The van der Waals surface area contributed by atoms with Gasteiger partial charge in [-0.2, -0.15) is 5.10 Å². The number of nitrogens with zero attached hydrogens (tertiary/aromatic N) is 1. The third-order valence-electron chi connectivity index (χ3n) is 2.10. The predicted molar refractivity (Wildman–Crippen MR) is 59.6 cm³/mol. The number of hydrogen-bond acceptors (Lipinski definition) is 2. The van der Waals surface area contributed by atoms with E-state index in [1.54, 1.807) is 12.1 Å². The minimum absolute atomic E-state index is 0.260. The number of hydrogen-bond donors (Lipinski definition) is 2. The Balaban J connectivity index is 2.45. The van der Waals surface area contributed by atoms with E-state index in [-0.39, 0.29) is 5.82 Å². The molecular weight excluding hydrogens is 261 g/mol. The molecule has 0 unspecified atom stereocenters. The van der Waals surface area contributed by atoms with Crippen LogP contribution in [0, 0.1) is 5.82 Å². The van der Waals surface area contributed by atoms with E-state index >= 15 is 0 Å². The fraction of sp³-hybridized carbons (Fsp3) is 0.100. The molecule has 0 atom stereocenters. The van der Waals surface area contributed by atoms with Crippen LogP contribution in [0.1, 0.15) is 5.69 Å². The third-order valence-corrected chi connectivity index (χ3v) is 2.95. The molecule has 0 aliphatic rings. The van der Waals surface area contributed by atoms with E-state index in [9.17, 15) is 4.39 Å². The van der Waals surface area contributed by atoms with Gasteiger partial charge in [-0.3, -0.25) is 5.10 Å². The van der Waals surface area contributed by atoms with Gasteiger partial charge in [0.05, 0.1) is 10.2 Å². The standard InChI is InChI=1S/C10H9BrFN3/c11-9-8(5-13)14-15-10(9)6-1-3-7(12)4-2-6/h1-4H,5,13H2,(H,14,15). The molecule has 0 aliphatic carbocycles. The normalized spacial score (nSPS) is 10.6. The van der Waals surface area contributed by atoms with Gasteiger partial charge in [0, 0.05) is 12.1 Å². The van der Waals surface area contributed by atoms with Crippen molar-refractivity contribution in [3.8, 4) is 11.3 Å². The lowest BCUT2D eigenvalue weighted by atomic mass is 10.1. The van der Waals surface area contributed by atoms with Gasteiger partial charge in [-0.05, 0) is 40.2 Å². The first-order valence-electron chi connectivity index (χ1n) is 4.41. The Morgan fingerprint density at radius 1 is 1.33 bits per heavy atom. The van der Waals surface area contributed by atoms with Crippen molar-refractivity contribution in [1.29, 1.82) is 0 Å². The summed E-state index contributed by atoms with van der Waals surface area (Å²) in [5.74, 6) is -0.260. The Kier molecular flexibility index (Phi) is 2.83. The zero-order valence-corrected chi connectivity index (χ0v) is 9.38. The van der Waals surface area contributed by atoms with E-state index < -0.39 is 0 Å². The number of benzene rings is 1. The molecule has 0 saturated carbocycles. The van der Waals surface area contributed by atoms with Crippen LogP contribution in [-0.2, 0) is 6.54 Å². The van der Waals surface area contributed by atoms with Gasteiger partial charge < -0.3 is 5.73 Å². The molecule has 3 N–H and O–H groups in total. The van der Waals surface area contributed by atoms with E-state index in [1.807, 2.05) is 0 Å². The highest BCUT2D eigenvalue weighted by molar-refractivity contribution is 9.10. The molecule has 0 amide bonds. The van der Waals surface area contributed by atoms with Crippen LogP contribution in [0.5, 0.6) is 0 Å². The number of halogens is 2. The summed E-state index contributed by atoms with van der Waals surface area (Å²) in [5, 5.41) is 6.93. The number of aromatic amines is 1. The predicted octanol–water partition coefficient (Wildman–Crippen LogP) is 2.44. The summed E-state index contributed by atoms with van der Waals surface area (Å²) in [5.41, 5.74) is 7.93. The zero-order valence-electron chi connectivity index (χ0n) is 7.80. The Morgan fingerprint density at radius 2 is 2.00 bits per heavy atom. The maximum atomic E-state index is 12.7. The lowest BCUT2D eigenvalue weighted by molar-refractivity contribution is 0.628. The van der Waals surface area contributed by atoms with E-state index in [0.717, 1.165) is 21.4 Å². The number of aromatic nitrogens is 2. The second kappa shape index (κ2) is 4.12. The second-order valence-electron chi connectivity index (χ2n) is 3.08. The Hall–Kier alpha value is -1.20. The van der Waals surface area contributed by atoms with Crippen LogP contribution in [0.4, 0.5) is 4.39 Å². The third kappa shape index (κ3) is 1.93. The fourth-order valence-corrected chi connectivity index (χ4v) is 1.87. The first kappa shape index (κ1) is 10.3. The lowest BCUT2D eigenvalue weighted by Gasteiger charge is -1.97. The molecule has 5 heteroatoms. The van der Waals surface area contributed by atoms with Crippen LogP contribution < -0.4 is 5.73 Å². The Labute approximate surface area is 94.6 Å². The maximum absolute atomic E-state index is 12.7. The molecule has 1 aromatic carbocycles. The highest BCUT2D eigenvalue weighted by Gasteiger charge is 2.10. The molecule has 15 heavy (non-hydrogen) atoms. The van der Waals surface area contributed by atoms with Crippen molar-refractivity contribution in [2.75, 3.05) is 0 Å². The molecule has 78 valence electrons. The molecule has 1 aromatic heterocycles. The highest BCUT2D eigenvalue weighted by Crippen LogP contribution is 2.28. The zero-order chi connectivity index (χ0) is 10.8. The lowest BCUT2D eigenvalue weighted by Crippen LogP contribution is -1.96. The summed E-state index contributed by atoms with van der Waals surface area (Å²) in [6.07, 6.45) is 0. The van der Waals surface area contributed by atoms with Gasteiger partial charge in [0.2, 0.25) is 0 Å². The topological polar surface area (TPSA) is 54.7 Å². The van der Waals surface area contributed by atoms with E-state index in [2.05, 4.69) is 26.1 Å². The second-order valence-corrected chi connectivity index (χ2v) is 3.87. The number of rotatable bonds is 2. The molecule has 0 fully saturated rings. The van der Waals surface area contributed by atoms with Crippen molar-refractivity contribution in [3.05, 3.63) is 40.2 Å². The minimum Gasteiger partial charge on any atom is -0.325 e. The first-order valence-corrected chi connectivity index (χ1v) is 5.20. The summed E-state index contributed by atoms with van der Waals surface area (Å²) in [7, 11) is 0. The van der Waals surface area contributed by atoms with Crippen molar-refractivity contribution < 1.29 is 4.39 Å². The average molecular weight is 270 g/mol. The molecule has 0 aliphatic heterocycles. The quantitative estimate of drug-likeness (QED) is 0.880. The van der Waals surface area contributed by atoms with Crippen LogP contribution >= 0.6 is 15.9 Å². The SMILES string of the molecule is NCc1[nH]nc(-c2ccc(F)cc2)c1Br. The van der Waals surface area contributed by atoms with E-state index in [0.29, 0.717) is 6.54 Å². The van der Waals surface area contributed by atoms with Crippen molar-refractivity contribution in [1.82, 2.24) is 10.2 Å². The molecule has 0 saturated heterocycles. The Morgan fingerprint density at radius 3 is 2.53 bits per heavy atom. The summed E-state index contributed by atoms with van der Waals surface area (Å²) < 4.78 is 13.5. The van der Waals surface area contributed by atoms with Crippen LogP contribution in [0.2, 0.25) is 0 Å². The number of nitrogens with one attached hydrogen (secondary N) is 1. The van der Waals surface area contributed by atoms with Gasteiger partial charge in [0.25, 0.3) is 0 Å². The summed E-state index contributed by atoms with van der Waals surface area (Å²) in [6.45, 7) is 0.384. The molecular formula is C10H9BrFN3. The summed E-state index contributed by atoms with van der Waals surface area (Å²) >= 11 is 3.40. The van der Waals surface area contributed by atoms with Crippen LogP contribution in [0.15, 0.2) is 28.7 Å². The molecule has 0 spiro atoms. The largest absolute Gasteiger partial charge is 0.325 e. The van der Waals surface area contributed by atoms with Gasteiger partial charge >= 0.3 is 0 Å². The maximum Gasteiger partial charge on any atom is 0.123 e. The number of H-pyrrole nitrogens is 1. The molecule has 0 radical (unpaired) electrons. The van der Waals surface area contributed by atoms with Crippen LogP contribution in [-0.4, -0.2) is 10.2 Å². The molecule has 2 aromatic rings. The smallest absolute Gasteiger partial charge is 0.123 e. The van der Waals surface area contributed by atoms with Crippen LogP contribution in [0.3, 0.4) is 0 Å². The summed E-state index contributed by atoms with van der Waals surface area (Å²) in [4.78, 5) is 0. The minimum atomic E-state index is -0.260. The summed E-state index contributed by atoms with van der Waals surface area (Å²) in [6, 6.07) is 6.16. The van der Waals surface area contributed by atoms with Crippen molar-refractivity contribution in [2.45, 2.75) is 6.54 Å². The molecule has 2 rings (SSSR count). The van der Waals surface area contributed by atoms with E-state index in [1.165, 1.54) is 12.1 Å². The van der Waals surface area contributed by atoms with Gasteiger partial charge in [-0.15, -0.1) is 0 Å². The monoisotopic (exact) mass is 269 g/mol. The van der Waals surface area contributed by atoms with Gasteiger partial charge in [0.15, 0.2) is 0 Å². The van der Waals surface area contributed by atoms with Gasteiger partial charge in [-0.25, -0.2) is 4.39 Å². The molecule has 3 nitrogen and oxygen atoms in total. The first-order chi connectivity index (χ1) is 7.22. The Bertz CT molecular complexity index is 464. The van der Waals surface area contributed by atoms with Crippen molar-refractivity contribution in [3.63, 3.8) is 0 Å². The van der Waals surface area contributed by atoms with Crippen molar-refractivity contribution >= 4 is 15.9 Å². The van der Waals surface area contributed by atoms with Crippen LogP contribution in [0.25, 0.3) is 11.3 Å². The van der Waals surface area contributed by atoms with Crippen molar-refractivity contribution in [2.24, 2.45) is 5.73 Å². The highest BCUT2D eigenvalue weighted by atomic mass is 79.9.